The van der Waals surface area contributed by atoms with Gasteiger partial charge in [0, 0.05) is 24.7 Å². The summed E-state index contributed by atoms with van der Waals surface area (Å²) in [4.78, 5) is 30.9. The third kappa shape index (κ3) is 4.25. The lowest BCUT2D eigenvalue weighted by molar-refractivity contribution is -0.143. The zero-order chi connectivity index (χ0) is 19.7. The summed E-state index contributed by atoms with van der Waals surface area (Å²) in [6.45, 7) is 9.18. The zero-order valence-corrected chi connectivity index (χ0v) is 16.8. The minimum atomic E-state index is -0.488. The van der Waals surface area contributed by atoms with Gasteiger partial charge in [-0.3, -0.25) is 9.78 Å². The lowest BCUT2D eigenvalue weighted by Gasteiger charge is -2.40. The Hall–Kier alpha value is -2.11. The highest BCUT2D eigenvalue weighted by Crippen LogP contribution is 2.51. The number of carbonyl (C=O) groups is 2. The molecule has 2 heterocycles. The molecule has 1 aliphatic carbocycles. The summed E-state index contributed by atoms with van der Waals surface area (Å²) in [5.74, 6) is -0.0126. The third-order valence-corrected chi connectivity index (χ3v) is 5.51. The topological polar surface area (TPSA) is 68.7 Å². The first-order chi connectivity index (χ1) is 12.7. The number of hydrogen-bond donors (Lipinski definition) is 0. The van der Waals surface area contributed by atoms with Gasteiger partial charge >= 0.3 is 12.1 Å². The van der Waals surface area contributed by atoms with Gasteiger partial charge in [-0.2, -0.15) is 0 Å². The number of likely N-dealkylation sites (tertiary alicyclic amines) is 1. The number of hydrogen-bond acceptors (Lipinski definition) is 5. The van der Waals surface area contributed by atoms with Gasteiger partial charge in [-0.15, -0.1) is 0 Å². The van der Waals surface area contributed by atoms with E-state index in [1.165, 1.54) is 0 Å². The van der Waals surface area contributed by atoms with Crippen LogP contribution in [0.2, 0.25) is 0 Å². The molecule has 1 aliphatic heterocycles. The van der Waals surface area contributed by atoms with Crippen molar-refractivity contribution in [1.82, 2.24) is 9.88 Å². The summed E-state index contributed by atoms with van der Waals surface area (Å²) in [5.41, 5.74) is 1.71. The van der Waals surface area contributed by atoms with Crippen molar-refractivity contribution in [3.63, 3.8) is 0 Å². The number of esters is 1. The second kappa shape index (κ2) is 7.49. The Bertz CT molecular complexity index is 702. The molecule has 1 aromatic heterocycles. The smallest absolute Gasteiger partial charge is 0.410 e. The fourth-order valence-corrected chi connectivity index (χ4v) is 4.36. The van der Waals surface area contributed by atoms with E-state index in [0.29, 0.717) is 26.1 Å². The molecule has 0 aromatic carbocycles. The molecule has 1 aromatic rings. The predicted octanol–water partition coefficient (Wildman–Crippen LogP) is 3.79. The van der Waals surface area contributed by atoms with Crippen LogP contribution in [0.4, 0.5) is 4.79 Å². The van der Waals surface area contributed by atoms with E-state index in [9.17, 15) is 9.59 Å². The van der Waals surface area contributed by atoms with Crippen molar-refractivity contribution < 1.29 is 19.1 Å². The average Bonchev–Trinajstić information content (AvgIpc) is 2.88. The minimum absolute atomic E-state index is 0.0632. The van der Waals surface area contributed by atoms with E-state index in [-0.39, 0.29) is 23.4 Å². The number of amides is 1. The number of aromatic nitrogens is 1. The molecule has 1 unspecified atom stereocenters. The highest BCUT2D eigenvalue weighted by molar-refractivity contribution is 5.71. The van der Waals surface area contributed by atoms with Crippen LogP contribution < -0.4 is 0 Å². The molecule has 1 spiro atoms. The van der Waals surface area contributed by atoms with Crippen molar-refractivity contribution in [2.45, 2.75) is 70.3 Å². The second-order valence-electron chi connectivity index (χ2n) is 8.60. The molecule has 1 saturated heterocycles. The fraction of sp³-hybridized carbons (Fsp3) is 0.667. The van der Waals surface area contributed by atoms with Gasteiger partial charge in [-0.1, -0.05) is 6.07 Å². The molecular weight excluding hydrogens is 344 g/mol. The van der Waals surface area contributed by atoms with Crippen molar-refractivity contribution in [2.24, 2.45) is 0 Å². The van der Waals surface area contributed by atoms with E-state index in [1.807, 2.05) is 40.0 Å². The molecule has 1 amide bonds. The van der Waals surface area contributed by atoms with Gasteiger partial charge in [0.15, 0.2) is 0 Å². The molecule has 6 heteroatoms. The van der Waals surface area contributed by atoms with Crippen LogP contribution in [0.1, 0.15) is 70.6 Å². The molecule has 0 saturated carbocycles. The molecule has 1 atom stereocenters. The number of nitrogens with zero attached hydrogens (tertiary/aromatic N) is 2. The van der Waals surface area contributed by atoms with Crippen LogP contribution in [0.3, 0.4) is 0 Å². The summed E-state index contributed by atoms with van der Waals surface area (Å²) in [6.07, 6.45) is 4.54. The minimum Gasteiger partial charge on any atom is -0.466 e. The molecule has 6 nitrogen and oxygen atoms in total. The van der Waals surface area contributed by atoms with Gasteiger partial charge in [-0.05, 0) is 64.5 Å². The Morgan fingerprint density at radius 3 is 2.63 bits per heavy atom. The van der Waals surface area contributed by atoms with E-state index in [1.54, 1.807) is 4.90 Å². The molecule has 27 heavy (non-hydrogen) atoms. The highest BCUT2D eigenvalue weighted by Gasteiger charge is 2.47. The van der Waals surface area contributed by atoms with Crippen LogP contribution in [0.5, 0.6) is 0 Å². The maximum absolute atomic E-state index is 12.4. The number of rotatable bonds is 3. The number of fused-ring (bicyclic) bond motifs is 2. The first-order valence-corrected chi connectivity index (χ1v) is 9.83. The summed E-state index contributed by atoms with van der Waals surface area (Å²) in [6, 6.07) is 4.02. The first kappa shape index (κ1) is 19.6. The van der Waals surface area contributed by atoms with Crippen LogP contribution in [0.15, 0.2) is 18.3 Å². The predicted molar refractivity (Wildman–Crippen MR) is 102 cm³/mol. The SMILES string of the molecule is CCOC(=O)CC1CC2(CCN(C(=O)OC(C)(C)C)CC2)c2ncccc21. The standard InChI is InChI=1S/C21H30N2O4/c1-5-26-17(24)13-15-14-21(18-16(15)7-6-10-22-18)8-11-23(12-9-21)19(25)27-20(2,3)4/h6-7,10,15H,5,8-9,11-14H2,1-4H3. The number of piperidine rings is 1. The van der Waals surface area contributed by atoms with Crippen molar-refractivity contribution in [3.05, 3.63) is 29.6 Å². The van der Waals surface area contributed by atoms with Crippen molar-refractivity contribution in [1.29, 1.82) is 0 Å². The normalized spacial score (nSPS) is 21.0. The van der Waals surface area contributed by atoms with E-state index < -0.39 is 5.60 Å². The van der Waals surface area contributed by atoms with E-state index in [2.05, 4.69) is 11.1 Å². The highest BCUT2D eigenvalue weighted by atomic mass is 16.6. The van der Waals surface area contributed by atoms with Crippen molar-refractivity contribution in [3.8, 4) is 0 Å². The van der Waals surface area contributed by atoms with Crippen molar-refractivity contribution >= 4 is 12.1 Å². The van der Waals surface area contributed by atoms with Gasteiger partial charge in [0.1, 0.15) is 5.60 Å². The molecule has 0 radical (unpaired) electrons. The van der Waals surface area contributed by atoms with Crippen LogP contribution in [-0.4, -0.2) is 47.2 Å². The lowest BCUT2D eigenvalue weighted by atomic mass is 9.75. The maximum atomic E-state index is 12.4. The van der Waals surface area contributed by atoms with Gasteiger partial charge in [0.2, 0.25) is 0 Å². The Balaban J connectivity index is 1.72. The molecule has 3 rings (SSSR count). The lowest BCUT2D eigenvalue weighted by Crippen LogP contribution is -2.46. The maximum Gasteiger partial charge on any atom is 0.410 e. The molecule has 148 valence electrons. The van der Waals surface area contributed by atoms with Crippen LogP contribution in [0, 0.1) is 0 Å². The molecule has 1 fully saturated rings. The van der Waals surface area contributed by atoms with Crippen LogP contribution in [0.25, 0.3) is 0 Å². The number of carbonyl (C=O) groups excluding carboxylic acids is 2. The Morgan fingerprint density at radius 1 is 1.30 bits per heavy atom. The summed E-state index contributed by atoms with van der Waals surface area (Å²) >= 11 is 0. The molecule has 2 aliphatic rings. The molecular formula is C21H30N2O4. The number of pyridine rings is 1. The molecule has 0 N–H and O–H groups in total. The third-order valence-electron chi connectivity index (χ3n) is 5.51. The van der Waals surface area contributed by atoms with Crippen LogP contribution in [-0.2, 0) is 19.7 Å². The van der Waals surface area contributed by atoms with Gasteiger partial charge < -0.3 is 14.4 Å². The quantitative estimate of drug-likeness (QED) is 0.753. The summed E-state index contributed by atoms with van der Waals surface area (Å²) in [5, 5.41) is 0. The Labute approximate surface area is 161 Å². The second-order valence-corrected chi connectivity index (χ2v) is 8.60. The van der Waals surface area contributed by atoms with E-state index >= 15 is 0 Å². The number of ether oxygens (including phenoxy) is 2. The summed E-state index contributed by atoms with van der Waals surface area (Å²) in [7, 11) is 0. The van der Waals surface area contributed by atoms with Crippen LogP contribution >= 0.6 is 0 Å². The van der Waals surface area contributed by atoms with E-state index in [0.717, 1.165) is 30.5 Å². The monoisotopic (exact) mass is 374 g/mol. The van der Waals surface area contributed by atoms with Gasteiger partial charge in [0.05, 0.1) is 18.7 Å². The first-order valence-electron chi connectivity index (χ1n) is 9.83. The van der Waals surface area contributed by atoms with E-state index in [4.69, 9.17) is 9.47 Å². The summed E-state index contributed by atoms with van der Waals surface area (Å²) < 4.78 is 10.7. The average molecular weight is 374 g/mol. The Kier molecular flexibility index (Phi) is 5.45. The van der Waals surface area contributed by atoms with Gasteiger partial charge in [0.25, 0.3) is 0 Å². The van der Waals surface area contributed by atoms with Crippen molar-refractivity contribution in [2.75, 3.05) is 19.7 Å². The van der Waals surface area contributed by atoms with Gasteiger partial charge in [-0.25, -0.2) is 4.79 Å². The Morgan fingerprint density at radius 2 is 2.00 bits per heavy atom. The fourth-order valence-electron chi connectivity index (χ4n) is 4.36. The molecule has 0 bridgehead atoms. The zero-order valence-electron chi connectivity index (χ0n) is 16.8. The largest absolute Gasteiger partial charge is 0.466 e.